The summed E-state index contributed by atoms with van der Waals surface area (Å²) in [6.07, 6.45) is -1.48. The van der Waals surface area contributed by atoms with E-state index < -0.39 is 52.1 Å². The highest BCUT2D eigenvalue weighted by atomic mass is 32.2. The smallest absolute Gasteiger partial charge is 0.329 e. The summed E-state index contributed by atoms with van der Waals surface area (Å²) >= 11 is 0. The molecule has 2 N–H and O–H groups in total. The molecule has 9 nitrogen and oxygen atoms in total. The fraction of sp³-hybridized carbons (Fsp3) is 0.357. The highest BCUT2D eigenvalue weighted by Crippen LogP contribution is 2.46. The van der Waals surface area contributed by atoms with Gasteiger partial charge >= 0.3 is 6.18 Å². The van der Waals surface area contributed by atoms with Crippen LogP contribution in [-0.4, -0.2) is 59.9 Å². The lowest BCUT2D eigenvalue weighted by atomic mass is 9.80. The zero-order chi connectivity index (χ0) is 29.2. The van der Waals surface area contributed by atoms with Gasteiger partial charge in [-0.15, -0.1) is 0 Å². The van der Waals surface area contributed by atoms with Gasteiger partial charge in [-0.3, -0.25) is 14.6 Å². The first-order valence-corrected chi connectivity index (χ1v) is 14.6. The van der Waals surface area contributed by atoms with Crippen molar-refractivity contribution in [2.24, 2.45) is 0 Å². The molecule has 1 aliphatic carbocycles. The van der Waals surface area contributed by atoms with Gasteiger partial charge in [0, 0.05) is 42.0 Å². The number of alkyl halides is 3. The van der Waals surface area contributed by atoms with E-state index in [1.165, 1.54) is 6.07 Å². The number of carbonyl (C=O) groups is 2. The van der Waals surface area contributed by atoms with Crippen molar-refractivity contribution in [3.63, 3.8) is 0 Å². The van der Waals surface area contributed by atoms with Crippen LogP contribution in [0, 0.1) is 0 Å². The Morgan fingerprint density at radius 2 is 1.85 bits per heavy atom. The van der Waals surface area contributed by atoms with E-state index in [9.17, 15) is 31.2 Å². The maximum Gasteiger partial charge on any atom is 0.406 e. The molecule has 13 heteroatoms. The van der Waals surface area contributed by atoms with Gasteiger partial charge in [-0.05, 0) is 43.0 Å². The van der Waals surface area contributed by atoms with Crippen LogP contribution in [0.1, 0.15) is 41.6 Å². The third kappa shape index (κ3) is 4.76. The Morgan fingerprint density at radius 1 is 1.10 bits per heavy atom. The molecule has 4 heterocycles. The van der Waals surface area contributed by atoms with Gasteiger partial charge in [0.1, 0.15) is 23.3 Å². The first-order valence-electron chi connectivity index (χ1n) is 13.1. The van der Waals surface area contributed by atoms with Gasteiger partial charge in [0.05, 0.1) is 5.41 Å². The van der Waals surface area contributed by atoms with Crippen LogP contribution in [0.15, 0.2) is 65.8 Å². The number of fused-ring (bicyclic) bond motifs is 3. The minimum absolute atomic E-state index is 0.0109. The molecule has 0 bridgehead atoms. The van der Waals surface area contributed by atoms with E-state index in [1.807, 2.05) is 0 Å². The number of benzene rings is 1. The Balaban J connectivity index is 1.29. The highest BCUT2D eigenvalue weighted by Gasteiger charge is 2.52. The molecule has 41 heavy (non-hydrogen) atoms. The topological polar surface area (TPSA) is 121 Å². The number of hydrogen-bond donors (Lipinski definition) is 2. The minimum Gasteiger partial charge on any atom is -0.329 e. The maximum atomic E-state index is 13.5. The number of piperidine rings is 1. The number of carbonyl (C=O) groups excluding carboxylic acids is 2. The van der Waals surface area contributed by atoms with Crippen LogP contribution < -0.4 is 10.0 Å². The number of pyridine rings is 2. The number of sulfonamides is 1. The predicted molar refractivity (Wildman–Crippen MR) is 141 cm³/mol. The van der Waals surface area contributed by atoms with Crippen LogP contribution in [-0.2, 0) is 37.9 Å². The molecule has 0 saturated carbocycles. The number of rotatable bonds is 5. The molecule has 0 radical (unpaired) electrons. The number of nitrogens with zero attached hydrogens (tertiary/aromatic N) is 3. The number of aromatic nitrogens is 2. The molecule has 214 valence electrons. The SMILES string of the molecule is C[C@@H]1[C@H](c2ccccc2)C[C@H](NS(=O)(=O)c2cnc3c(c2)C[C@@]2(C3)C(=O)Nc3ncccc32)C(=O)N1CC(F)(F)F. The van der Waals surface area contributed by atoms with Gasteiger partial charge in [0.15, 0.2) is 0 Å². The van der Waals surface area contributed by atoms with Gasteiger partial charge < -0.3 is 10.2 Å². The zero-order valence-electron chi connectivity index (χ0n) is 21.9. The molecule has 0 unspecified atom stereocenters. The largest absolute Gasteiger partial charge is 0.406 e. The average molecular weight is 586 g/mol. The summed E-state index contributed by atoms with van der Waals surface area (Å²) in [5, 5.41) is 2.78. The Bertz CT molecular complexity index is 1650. The Hall–Kier alpha value is -3.84. The number of halogens is 3. The zero-order valence-corrected chi connectivity index (χ0v) is 22.7. The lowest BCUT2D eigenvalue weighted by Crippen LogP contribution is -2.59. The van der Waals surface area contributed by atoms with Crippen LogP contribution in [0.5, 0.6) is 0 Å². The van der Waals surface area contributed by atoms with Crippen molar-refractivity contribution in [3.05, 3.63) is 83.3 Å². The second-order valence-electron chi connectivity index (χ2n) is 10.8. The number of anilines is 1. The van der Waals surface area contributed by atoms with Crippen LogP contribution in [0.3, 0.4) is 0 Å². The van der Waals surface area contributed by atoms with Crippen molar-refractivity contribution < 1.29 is 31.2 Å². The quantitative estimate of drug-likeness (QED) is 0.475. The summed E-state index contributed by atoms with van der Waals surface area (Å²) < 4.78 is 69.7. The fourth-order valence-electron chi connectivity index (χ4n) is 6.29. The molecule has 4 atom stereocenters. The summed E-state index contributed by atoms with van der Waals surface area (Å²) in [5.41, 5.74) is 1.59. The van der Waals surface area contributed by atoms with Crippen molar-refractivity contribution in [2.45, 2.75) is 60.7 Å². The Labute approximate surface area is 234 Å². The summed E-state index contributed by atoms with van der Waals surface area (Å²) in [7, 11) is -4.37. The van der Waals surface area contributed by atoms with E-state index in [2.05, 4.69) is 20.0 Å². The van der Waals surface area contributed by atoms with Gasteiger partial charge in [-0.25, -0.2) is 13.4 Å². The second-order valence-corrected chi connectivity index (χ2v) is 12.5. The van der Waals surface area contributed by atoms with Gasteiger partial charge in [-0.1, -0.05) is 36.4 Å². The van der Waals surface area contributed by atoms with Gasteiger partial charge in [0.25, 0.3) is 0 Å². The standard InChI is InChI=1S/C28H26F3N5O4S/c1-16-20(17-6-3-2-4-7-17)11-22(25(37)36(16)15-28(29,30)31)35-41(39,40)19-10-18-12-27(13-23(18)33-14-19)21-8-5-9-32-24(21)34-26(27)38/h2-10,14,16,20,22,35H,11-13,15H2,1H3,(H,32,34,38)/t16-,20-,22+,27+/m1/s1. The molecule has 1 saturated heterocycles. The van der Waals surface area contributed by atoms with Gasteiger partial charge in [-0.2, -0.15) is 17.9 Å². The van der Waals surface area contributed by atoms with Crippen LogP contribution >= 0.6 is 0 Å². The lowest BCUT2D eigenvalue weighted by molar-refractivity contribution is -0.170. The number of nitrogens with one attached hydrogen (secondary N) is 2. The minimum atomic E-state index is -4.66. The lowest BCUT2D eigenvalue weighted by Gasteiger charge is -2.43. The molecule has 2 amide bonds. The summed E-state index contributed by atoms with van der Waals surface area (Å²) in [4.78, 5) is 35.2. The van der Waals surface area contributed by atoms with Crippen molar-refractivity contribution in [1.82, 2.24) is 19.6 Å². The van der Waals surface area contributed by atoms with E-state index >= 15 is 0 Å². The van der Waals surface area contributed by atoms with E-state index in [-0.39, 0.29) is 30.1 Å². The molecule has 2 aliphatic heterocycles. The van der Waals surface area contributed by atoms with Crippen LogP contribution in [0.25, 0.3) is 0 Å². The normalized spacial score (nSPS) is 25.8. The van der Waals surface area contributed by atoms with Crippen molar-refractivity contribution in [1.29, 1.82) is 0 Å². The first-order chi connectivity index (χ1) is 19.4. The molecular weight excluding hydrogens is 559 g/mol. The molecule has 1 spiro atoms. The maximum absolute atomic E-state index is 13.5. The molecule has 1 aromatic carbocycles. The van der Waals surface area contributed by atoms with E-state index in [1.54, 1.807) is 55.6 Å². The second kappa shape index (κ2) is 9.62. The molecule has 3 aromatic rings. The van der Waals surface area contributed by atoms with E-state index in [0.29, 0.717) is 33.1 Å². The predicted octanol–water partition coefficient (Wildman–Crippen LogP) is 3.08. The summed E-state index contributed by atoms with van der Waals surface area (Å²) in [6.45, 7) is 0.0502. The van der Waals surface area contributed by atoms with E-state index in [0.717, 1.165) is 6.20 Å². The number of hydrogen-bond acceptors (Lipinski definition) is 6. The van der Waals surface area contributed by atoms with Crippen LogP contribution in [0.2, 0.25) is 0 Å². The Morgan fingerprint density at radius 3 is 2.59 bits per heavy atom. The molecule has 6 rings (SSSR count). The molecule has 1 fully saturated rings. The van der Waals surface area contributed by atoms with Gasteiger partial charge in [0.2, 0.25) is 21.8 Å². The third-order valence-corrected chi connectivity index (χ3v) is 9.75. The van der Waals surface area contributed by atoms with Crippen LogP contribution in [0.4, 0.5) is 19.0 Å². The molecule has 3 aliphatic rings. The monoisotopic (exact) mass is 585 g/mol. The fourth-order valence-corrected chi connectivity index (χ4v) is 7.49. The molecule has 2 aromatic heterocycles. The van der Waals surface area contributed by atoms with Crippen molar-refractivity contribution >= 4 is 27.7 Å². The average Bonchev–Trinajstić information content (AvgIpc) is 3.45. The van der Waals surface area contributed by atoms with Crippen molar-refractivity contribution in [2.75, 3.05) is 11.9 Å². The van der Waals surface area contributed by atoms with E-state index in [4.69, 9.17) is 0 Å². The third-order valence-electron chi connectivity index (χ3n) is 8.32. The molecular formula is C28H26F3N5O4S. The number of amides is 2. The number of likely N-dealkylation sites (tertiary alicyclic amines) is 1. The first kappa shape index (κ1) is 27.3. The highest BCUT2D eigenvalue weighted by molar-refractivity contribution is 7.89. The Kier molecular flexibility index (Phi) is 6.42. The summed E-state index contributed by atoms with van der Waals surface area (Å²) in [5.74, 6) is -1.26. The van der Waals surface area contributed by atoms with Crippen molar-refractivity contribution in [3.8, 4) is 0 Å². The summed E-state index contributed by atoms with van der Waals surface area (Å²) in [6, 6.07) is 11.5.